The Morgan fingerprint density at radius 2 is 2.33 bits per heavy atom. The van der Waals surface area contributed by atoms with Crippen LogP contribution in [0.25, 0.3) is 0 Å². The predicted molar refractivity (Wildman–Crippen MR) is 66.6 cm³/mol. The lowest BCUT2D eigenvalue weighted by Gasteiger charge is -2.44. The number of aliphatic carboxylic acids is 1. The molecule has 2 rings (SSSR count). The third kappa shape index (κ3) is 1.92. The van der Waals surface area contributed by atoms with E-state index in [4.69, 9.17) is 5.73 Å². The zero-order valence-electron chi connectivity index (χ0n) is 10.00. The van der Waals surface area contributed by atoms with E-state index in [-0.39, 0.29) is 17.6 Å². The zero-order chi connectivity index (χ0) is 13.4. The van der Waals surface area contributed by atoms with Crippen LogP contribution in [0, 0.1) is 5.92 Å². The molecule has 3 atom stereocenters. The van der Waals surface area contributed by atoms with E-state index in [0.717, 1.165) is 0 Å². The van der Waals surface area contributed by atoms with Crippen LogP contribution >= 0.6 is 11.8 Å². The third-order valence-electron chi connectivity index (χ3n) is 3.28. The van der Waals surface area contributed by atoms with Gasteiger partial charge in [-0.2, -0.15) is 0 Å². The molecule has 0 aromatic carbocycles. The minimum atomic E-state index is -1.09. The first kappa shape index (κ1) is 13.4. The average molecular weight is 272 g/mol. The van der Waals surface area contributed by atoms with Gasteiger partial charge in [0.2, 0.25) is 5.91 Å². The van der Waals surface area contributed by atoms with Gasteiger partial charge in [0.1, 0.15) is 5.70 Å². The number of fused-ring (bicyclic) bond motifs is 1. The molecule has 0 saturated carbocycles. The van der Waals surface area contributed by atoms with Crippen LogP contribution in [0.2, 0.25) is 0 Å². The topological polar surface area (TPSA) is 104 Å². The Morgan fingerprint density at radius 1 is 1.67 bits per heavy atom. The van der Waals surface area contributed by atoms with Crippen molar-refractivity contribution < 1.29 is 19.8 Å². The Kier molecular flexibility index (Phi) is 3.65. The number of carboxylic acids is 1. The number of carbonyl (C=O) groups is 2. The number of carbonyl (C=O) groups excluding carboxylic acids is 1. The molecule has 4 N–H and O–H groups in total. The van der Waals surface area contributed by atoms with Gasteiger partial charge >= 0.3 is 5.97 Å². The highest BCUT2D eigenvalue weighted by Crippen LogP contribution is 2.46. The molecule has 18 heavy (non-hydrogen) atoms. The number of carboxylic acid groups (broad SMARTS) is 1. The molecule has 2 heterocycles. The fraction of sp³-hybridized carbons (Fsp3) is 0.636. The van der Waals surface area contributed by atoms with Gasteiger partial charge in [-0.05, 0) is 6.92 Å². The van der Waals surface area contributed by atoms with Crippen molar-refractivity contribution in [2.45, 2.75) is 25.5 Å². The van der Waals surface area contributed by atoms with Gasteiger partial charge in [-0.1, -0.05) is 0 Å². The molecule has 6 nitrogen and oxygen atoms in total. The highest BCUT2D eigenvalue weighted by atomic mass is 32.2. The number of amides is 1. The number of nitrogens with zero attached hydrogens (tertiary/aromatic N) is 1. The molecule has 1 saturated heterocycles. The molecule has 0 aromatic rings. The molecule has 0 bridgehead atoms. The van der Waals surface area contributed by atoms with Gasteiger partial charge < -0.3 is 20.8 Å². The lowest BCUT2D eigenvalue weighted by atomic mass is 9.83. The molecule has 0 radical (unpaired) electrons. The first-order valence-electron chi connectivity index (χ1n) is 5.79. The van der Waals surface area contributed by atoms with Gasteiger partial charge in [-0.15, -0.1) is 11.8 Å². The largest absolute Gasteiger partial charge is 0.477 e. The van der Waals surface area contributed by atoms with Gasteiger partial charge in [-0.25, -0.2) is 4.79 Å². The number of nitrogens with two attached hydrogens (primary N) is 1. The summed E-state index contributed by atoms with van der Waals surface area (Å²) in [7, 11) is 0. The Hall–Kier alpha value is -1.05. The van der Waals surface area contributed by atoms with E-state index in [9.17, 15) is 19.8 Å². The van der Waals surface area contributed by atoms with Gasteiger partial charge in [0.05, 0.1) is 18.1 Å². The van der Waals surface area contributed by atoms with Crippen molar-refractivity contribution in [3.63, 3.8) is 0 Å². The maximum Gasteiger partial charge on any atom is 0.353 e. The molecule has 0 spiro atoms. The van der Waals surface area contributed by atoms with Crippen LogP contribution in [0.4, 0.5) is 0 Å². The number of rotatable bonds is 5. The lowest BCUT2D eigenvalue weighted by molar-refractivity contribution is -0.161. The second kappa shape index (κ2) is 4.91. The number of hydrogen-bond acceptors (Lipinski definition) is 5. The van der Waals surface area contributed by atoms with Gasteiger partial charge in [-0.3, -0.25) is 4.79 Å². The molecule has 7 heteroatoms. The van der Waals surface area contributed by atoms with Gasteiger partial charge in [0.15, 0.2) is 0 Å². The van der Waals surface area contributed by atoms with Gasteiger partial charge in [0, 0.05) is 23.6 Å². The molecule has 1 fully saturated rings. The van der Waals surface area contributed by atoms with Crippen LogP contribution < -0.4 is 5.73 Å². The zero-order valence-corrected chi connectivity index (χ0v) is 10.8. The summed E-state index contributed by atoms with van der Waals surface area (Å²) in [5.41, 5.74) is 5.47. The molecular formula is C11H16N2O4S. The van der Waals surface area contributed by atoms with Gasteiger partial charge in [0.25, 0.3) is 0 Å². The average Bonchev–Trinajstić information content (AvgIpc) is 2.60. The second-order valence-corrected chi connectivity index (χ2v) is 5.65. The summed E-state index contributed by atoms with van der Waals surface area (Å²) in [5.74, 6) is -1.24. The fourth-order valence-electron chi connectivity index (χ4n) is 2.54. The second-order valence-electron chi connectivity index (χ2n) is 4.46. The van der Waals surface area contributed by atoms with Crippen molar-refractivity contribution in [3.8, 4) is 0 Å². The minimum absolute atomic E-state index is 0.0698. The molecule has 2 aliphatic rings. The molecule has 0 aliphatic carbocycles. The van der Waals surface area contributed by atoms with Crippen LogP contribution in [0.3, 0.4) is 0 Å². The van der Waals surface area contributed by atoms with Crippen molar-refractivity contribution >= 4 is 23.6 Å². The van der Waals surface area contributed by atoms with Crippen LogP contribution in [0.1, 0.15) is 13.3 Å². The summed E-state index contributed by atoms with van der Waals surface area (Å²) in [6.45, 7) is 2.02. The predicted octanol–water partition coefficient (Wildman–Crippen LogP) is -0.414. The van der Waals surface area contributed by atoms with Crippen molar-refractivity contribution in [2.24, 2.45) is 11.7 Å². The maximum absolute atomic E-state index is 11.9. The van der Waals surface area contributed by atoms with E-state index in [0.29, 0.717) is 23.6 Å². The summed E-state index contributed by atoms with van der Waals surface area (Å²) < 4.78 is 0. The molecule has 0 aromatic heterocycles. The SMILES string of the molecule is C[C@@H](O)C1C(=O)N2C(C(=O)O)=C(SCCN)C[C@H]12. The van der Waals surface area contributed by atoms with Crippen LogP contribution in [-0.2, 0) is 9.59 Å². The van der Waals surface area contributed by atoms with E-state index in [2.05, 4.69) is 0 Å². The van der Waals surface area contributed by atoms with Crippen molar-refractivity contribution in [3.05, 3.63) is 10.6 Å². The Balaban J connectivity index is 2.21. The first-order chi connectivity index (χ1) is 8.49. The Labute approximate surface area is 109 Å². The van der Waals surface area contributed by atoms with Crippen LogP contribution in [0.5, 0.6) is 0 Å². The summed E-state index contributed by atoms with van der Waals surface area (Å²) in [6.07, 6.45) is -0.235. The Morgan fingerprint density at radius 3 is 2.83 bits per heavy atom. The monoisotopic (exact) mass is 272 g/mol. The molecule has 2 aliphatic heterocycles. The normalized spacial score (nSPS) is 28.2. The number of hydrogen-bond donors (Lipinski definition) is 3. The van der Waals surface area contributed by atoms with E-state index >= 15 is 0 Å². The smallest absolute Gasteiger partial charge is 0.353 e. The van der Waals surface area contributed by atoms with E-state index in [1.165, 1.54) is 16.7 Å². The maximum atomic E-state index is 11.9. The van der Waals surface area contributed by atoms with Crippen molar-refractivity contribution in [1.82, 2.24) is 4.90 Å². The summed E-state index contributed by atoms with van der Waals surface area (Å²) >= 11 is 1.38. The number of β-lactam (4-membered cyclic amide) rings is 1. The molecular weight excluding hydrogens is 256 g/mol. The number of aliphatic hydroxyl groups is 1. The minimum Gasteiger partial charge on any atom is -0.477 e. The molecule has 100 valence electrons. The number of thioether (sulfide) groups is 1. The highest BCUT2D eigenvalue weighted by molar-refractivity contribution is 8.03. The van der Waals surface area contributed by atoms with Crippen molar-refractivity contribution in [1.29, 1.82) is 0 Å². The summed E-state index contributed by atoms with van der Waals surface area (Å²) in [5, 5.41) is 18.7. The number of aliphatic hydroxyl groups excluding tert-OH is 1. The van der Waals surface area contributed by atoms with E-state index in [1.54, 1.807) is 6.92 Å². The molecule has 1 amide bonds. The van der Waals surface area contributed by atoms with Crippen LogP contribution in [0.15, 0.2) is 10.6 Å². The molecule has 1 unspecified atom stereocenters. The fourth-order valence-corrected chi connectivity index (χ4v) is 3.52. The lowest BCUT2D eigenvalue weighted by Crippen LogP contribution is -2.61. The standard InChI is InChI=1S/C11H16N2O4S/c1-5(14)8-6-4-7(18-3-2-12)9(11(16)17)13(6)10(8)15/h5-6,8,14H,2-4,12H2,1H3,(H,16,17)/t5-,6-,8?/m1/s1. The third-order valence-corrected chi connectivity index (χ3v) is 4.43. The Bertz CT molecular complexity index is 421. The van der Waals surface area contributed by atoms with Crippen molar-refractivity contribution in [2.75, 3.05) is 12.3 Å². The summed E-state index contributed by atoms with van der Waals surface area (Å²) in [4.78, 5) is 25.1. The van der Waals surface area contributed by atoms with Crippen LogP contribution in [-0.4, -0.2) is 51.4 Å². The van der Waals surface area contributed by atoms with E-state index in [1.807, 2.05) is 0 Å². The first-order valence-corrected chi connectivity index (χ1v) is 6.78. The quantitative estimate of drug-likeness (QED) is 0.588. The summed E-state index contributed by atoms with van der Waals surface area (Å²) in [6, 6.07) is -0.205. The van der Waals surface area contributed by atoms with E-state index < -0.39 is 18.0 Å². The highest BCUT2D eigenvalue weighted by Gasteiger charge is 2.56.